The second kappa shape index (κ2) is 8.64. The van der Waals surface area contributed by atoms with Crippen LogP contribution in [0, 0.1) is 0 Å². The summed E-state index contributed by atoms with van der Waals surface area (Å²) in [6.07, 6.45) is -0.897. The van der Waals surface area contributed by atoms with Gasteiger partial charge in [0.15, 0.2) is 0 Å². The molecule has 2 aliphatic rings. The lowest BCUT2D eigenvalue weighted by atomic mass is 9.86. The number of hydrogen-bond donors (Lipinski definition) is 3. The van der Waals surface area contributed by atoms with Gasteiger partial charge in [0.25, 0.3) is 6.43 Å². The van der Waals surface area contributed by atoms with Gasteiger partial charge in [-0.15, -0.1) is 0 Å². The Bertz CT molecular complexity index is 764. The highest BCUT2D eigenvalue weighted by molar-refractivity contribution is 6.01. The Labute approximate surface area is 161 Å². The monoisotopic (exact) mass is 395 g/mol. The molecule has 28 heavy (non-hydrogen) atoms. The number of imide groups is 1. The molecule has 152 valence electrons. The number of nitrogens with zero attached hydrogens (tertiary/aromatic N) is 1. The summed E-state index contributed by atoms with van der Waals surface area (Å²) in [4.78, 5) is 35.7. The first kappa shape index (κ1) is 20.2. The summed E-state index contributed by atoms with van der Waals surface area (Å²) >= 11 is 0. The number of alkyl halides is 2. The standard InChI is InChI=1S/C19H23F2N3O4/c20-18(21)14-9-12(22-15-3-4-16(25)23-19(15)28)1-2-13(14)11-5-7-24(8-6-11)10-17(26)27/h1-2,9,11,15,18,22H,3-8,10H2,(H,26,27)(H,23,25,28). The highest BCUT2D eigenvalue weighted by atomic mass is 19.3. The van der Waals surface area contributed by atoms with Gasteiger partial charge in [-0.2, -0.15) is 0 Å². The topological polar surface area (TPSA) is 98.7 Å². The minimum Gasteiger partial charge on any atom is -0.480 e. The predicted octanol–water partition coefficient (Wildman–Crippen LogP) is 2.11. The van der Waals surface area contributed by atoms with Crippen LogP contribution < -0.4 is 10.6 Å². The molecule has 2 amide bonds. The number of hydrogen-bond acceptors (Lipinski definition) is 5. The molecular formula is C19H23F2N3O4. The van der Waals surface area contributed by atoms with Crippen molar-refractivity contribution in [3.8, 4) is 0 Å². The Morgan fingerprint density at radius 3 is 2.57 bits per heavy atom. The number of carboxylic acids is 1. The Hall–Kier alpha value is -2.55. The smallest absolute Gasteiger partial charge is 0.317 e. The highest BCUT2D eigenvalue weighted by Gasteiger charge is 2.28. The molecule has 0 bridgehead atoms. The predicted molar refractivity (Wildman–Crippen MR) is 97.2 cm³/mol. The van der Waals surface area contributed by atoms with Gasteiger partial charge in [-0.3, -0.25) is 24.6 Å². The van der Waals surface area contributed by atoms with Crippen LogP contribution in [0.1, 0.15) is 49.2 Å². The largest absolute Gasteiger partial charge is 0.480 e. The number of aliphatic carboxylic acids is 1. The van der Waals surface area contributed by atoms with E-state index in [1.807, 2.05) is 0 Å². The molecule has 1 aromatic rings. The molecule has 1 atom stereocenters. The fourth-order valence-electron chi connectivity index (χ4n) is 3.85. The Kier molecular flexibility index (Phi) is 6.23. The van der Waals surface area contributed by atoms with Gasteiger partial charge in [0.1, 0.15) is 6.04 Å². The van der Waals surface area contributed by atoms with E-state index in [-0.39, 0.29) is 30.4 Å². The summed E-state index contributed by atoms with van der Waals surface area (Å²) < 4.78 is 27.4. The number of benzene rings is 1. The van der Waals surface area contributed by atoms with Crippen LogP contribution >= 0.6 is 0 Å². The quantitative estimate of drug-likeness (QED) is 0.638. The average Bonchev–Trinajstić information content (AvgIpc) is 2.64. The maximum absolute atomic E-state index is 13.7. The fraction of sp³-hybridized carbons (Fsp3) is 0.526. The zero-order valence-electron chi connectivity index (χ0n) is 15.3. The Balaban J connectivity index is 1.70. The van der Waals surface area contributed by atoms with E-state index in [2.05, 4.69) is 10.6 Å². The zero-order valence-corrected chi connectivity index (χ0v) is 15.3. The number of amides is 2. The average molecular weight is 395 g/mol. The molecule has 7 nitrogen and oxygen atoms in total. The van der Waals surface area contributed by atoms with Crippen molar-refractivity contribution in [2.45, 2.75) is 44.1 Å². The minimum absolute atomic E-state index is 0.0385. The Morgan fingerprint density at radius 2 is 1.96 bits per heavy atom. The second-order valence-electron chi connectivity index (χ2n) is 7.24. The summed E-state index contributed by atoms with van der Waals surface area (Å²) in [5, 5.41) is 14.0. The molecule has 0 aliphatic carbocycles. The molecule has 2 heterocycles. The molecule has 9 heteroatoms. The van der Waals surface area contributed by atoms with Crippen molar-refractivity contribution in [3.63, 3.8) is 0 Å². The molecule has 3 N–H and O–H groups in total. The van der Waals surface area contributed by atoms with Gasteiger partial charge < -0.3 is 10.4 Å². The van der Waals surface area contributed by atoms with Crippen molar-refractivity contribution in [2.24, 2.45) is 0 Å². The van der Waals surface area contributed by atoms with Gasteiger partial charge in [0.05, 0.1) is 6.54 Å². The van der Waals surface area contributed by atoms with Crippen molar-refractivity contribution in [2.75, 3.05) is 25.0 Å². The zero-order chi connectivity index (χ0) is 20.3. The molecule has 0 spiro atoms. The van der Waals surface area contributed by atoms with Crippen LogP contribution in [-0.4, -0.2) is 53.5 Å². The summed E-state index contributed by atoms with van der Waals surface area (Å²) in [7, 11) is 0. The van der Waals surface area contributed by atoms with E-state index in [1.165, 1.54) is 6.07 Å². The van der Waals surface area contributed by atoms with E-state index in [4.69, 9.17) is 5.11 Å². The number of rotatable bonds is 6. The van der Waals surface area contributed by atoms with E-state index in [0.29, 0.717) is 43.6 Å². The van der Waals surface area contributed by atoms with Gasteiger partial charge in [0.2, 0.25) is 11.8 Å². The van der Waals surface area contributed by atoms with Crippen LogP contribution in [-0.2, 0) is 14.4 Å². The van der Waals surface area contributed by atoms with Gasteiger partial charge in [-0.25, -0.2) is 8.78 Å². The molecule has 1 unspecified atom stereocenters. The van der Waals surface area contributed by atoms with E-state index in [0.717, 1.165) is 0 Å². The maximum atomic E-state index is 13.7. The lowest BCUT2D eigenvalue weighted by Gasteiger charge is -2.32. The van der Waals surface area contributed by atoms with E-state index < -0.39 is 24.3 Å². The molecule has 1 aromatic carbocycles. The lowest BCUT2D eigenvalue weighted by molar-refractivity contribution is -0.138. The number of piperidine rings is 2. The third kappa shape index (κ3) is 4.83. The maximum Gasteiger partial charge on any atom is 0.317 e. The number of carbonyl (C=O) groups is 3. The van der Waals surface area contributed by atoms with Gasteiger partial charge in [0, 0.05) is 17.7 Å². The number of likely N-dealkylation sites (tertiary alicyclic amines) is 1. The molecular weight excluding hydrogens is 372 g/mol. The molecule has 2 aliphatic heterocycles. The molecule has 3 rings (SSSR count). The van der Waals surface area contributed by atoms with Gasteiger partial charge in [-0.1, -0.05) is 6.07 Å². The van der Waals surface area contributed by atoms with Crippen LogP contribution in [0.25, 0.3) is 0 Å². The van der Waals surface area contributed by atoms with Crippen molar-refractivity contribution in [1.82, 2.24) is 10.2 Å². The van der Waals surface area contributed by atoms with Crippen LogP contribution in [0.4, 0.5) is 14.5 Å². The van der Waals surface area contributed by atoms with E-state index in [1.54, 1.807) is 17.0 Å². The van der Waals surface area contributed by atoms with Crippen LogP contribution in [0.15, 0.2) is 18.2 Å². The van der Waals surface area contributed by atoms with Crippen LogP contribution in [0.3, 0.4) is 0 Å². The van der Waals surface area contributed by atoms with Crippen molar-refractivity contribution < 1.29 is 28.3 Å². The van der Waals surface area contributed by atoms with Crippen LogP contribution in [0.2, 0.25) is 0 Å². The normalized spacial score (nSPS) is 21.6. The lowest BCUT2D eigenvalue weighted by Crippen LogP contribution is -2.47. The summed E-state index contributed by atoms with van der Waals surface area (Å²) in [5.74, 6) is -1.74. The number of anilines is 1. The molecule has 0 aromatic heterocycles. The van der Waals surface area contributed by atoms with E-state index >= 15 is 0 Å². The first-order chi connectivity index (χ1) is 13.3. The second-order valence-corrected chi connectivity index (χ2v) is 7.24. The molecule has 0 radical (unpaired) electrons. The number of carboxylic acid groups (broad SMARTS) is 1. The minimum atomic E-state index is -2.66. The molecule has 0 saturated carbocycles. The summed E-state index contributed by atoms with van der Waals surface area (Å²) in [5.41, 5.74) is 0.907. The van der Waals surface area contributed by atoms with Gasteiger partial charge >= 0.3 is 5.97 Å². The third-order valence-corrected chi connectivity index (χ3v) is 5.29. The number of carbonyl (C=O) groups excluding carboxylic acids is 2. The van der Waals surface area contributed by atoms with Crippen molar-refractivity contribution >= 4 is 23.5 Å². The Morgan fingerprint density at radius 1 is 1.25 bits per heavy atom. The highest BCUT2D eigenvalue weighted by Crippen LogP contribution is 2.36. The molecule has 2 fully saturated rings. The van der Waals surface area contributed by atoms with Gasteiger partial charge in [-0.05, 0) is 56.0 Å². The number of halogens is 2. The SMILES string of the molecule is O=C(O)CN1CCC(c2ccc(NC3CCC(=O)NC3=O)cc2C(F)F)CC1. The first-order valence-corrected chi connectivity index (χ1v) is 9.30. The number of nitrogens with one attached hydrogen (secondary N) is 2. The third-order valence-electron chi connectivity index (χ3n) is 5.29. The van der Waals surface area contributed by atoms with E-state index in [9.17, 15) is 23.2 Å². The summed E-state index contributed by atoms with van der Waals surface area (Å²) in [6.45, 7) is 1.06. The van der Waals surface area contributed by atoms with Crippen molar-refractivity contribution in [3.05, 3.63) is 29.3 Å². The fourth-order valence-corrected chi connectivity index (χ4v) is 3.85. The van der Waals surface area contributed by atoms with Crippen LogP contribution in [0.5, 0.6) is 0 Å². The molecule has 2 saturated heterocycles. The van der Waals surface area contributed by atoms with Crippen molar-refractivity contribution in [1.29, 1.82) is 0 Å². The summed E-state index contributed by atoms with van der Waals surface area (Å²) in [6, 6.07) is 4.07. The first-order valence-electron chi connectivity index (χ1n) is 9.30.